The van der Waals surface area contributed by atoms with Gasteiger partial charge >= 0.3 is 5.69 Å². The standard InChI is InChI=1S/C9H5F2NO3/c10-7-5-9(12(14)15)8(11)4-6(7)2-1-3-13/h1-5H. The molecule has 0 spiro atoms. The molecule has 0 aliphatic heterocycles. The summed E-state index contributed by atoms with van der Waals surface area (Å²) in [7, 11) is 0. The van der Waals surface area contributed by atoms with Gasteiger partial charge in [0, 0.05) is 5.56 Å². The summed E-state index contributed by atoms with van der Waals surface area (Å²) in [6.07, 6.45) is 2.37. The van der Waals surface area contributed by atoms with E-state index < -0.39 is 22.2 Å². The number of allylic oxidation sites excluding steroid dienone is 1. The number of nitro benzene ring substituents is 1. The summed E-state index contributed by atoms with van der Waals surface area (Å²) in [5.74, 6) is -2.10. The van der Waals surface area contributed by atoms with Gasteiger partial charge in [0.05, 0.1) is 11.0 Å². The lowest BCUT2D eigenvalue weighted by Gasteiger charge is -1.98. The number of carbonyl (C=O) groups excluding carboxylic acids is 1. The quantitative estimate of drug-likeness (QED) is 0.334. The molecular formula is C9H5F2NO3. The minimum absolute atomic E-state index is 0.217. The molecule has 15 heavy (non-hydrogen) atoms. The molecule has 6 heteroatoms. The molecule has 0 atom stereocenters. The van der Waals surface area contributed by atoms with Crippen molar-refractivity contribution in [1.82, 2.24) is 0 Å². The number of benzene rings is 1. The second kappa shape index (κ2) is 4.41. The van der Waals surface area contributed by atoms with E-state index in [9.17, 15) is 23.7 Å². The normalized spacial score (nSPS) is 10.5. The molecule has 1 rings (SSSR count). The number of nitro groups is 1. The first-order valence-corrected chi connectivity index (χ1v) is 3.81. The molecule has 0 N–H and O–H groups in total. The van der Waals surface area contributed by atoms with Crippen LogP contribution in [-0.2, 0) is 4.79 Å². The Morgan fingerprint density at radius 3 is 2.47 bits per heavy atom. The average Bonchev–Trinajstić information content (AvgIpc) is 2.18. The molecule has 0 amide bonds. The predicted molar refractivity (Wildman–Crippen MR) is 48.1 cm³/mol. The van der Waals surface area contributed by atoms with Gasteiger partial charge in [-0.1, -0.05) is 0 Å². The van der Waals surface area contributed by atoms with E-state index in [1.165, 1.54) is 0 Å². The van der Waals surface area contributed by atoms with Crippen molar-refractivity contribution < 1.29 is 18.5 Å². The van der Waals surface area contributed by atoms with Crippen LogP contribution in [-0.4, -0.2) is 11.2 Å². The second-order valence-corrected chi connectivity index (χ2v) is 2.58. The van der Waals surface area contributed by atoms with Crippen LogP contribution in [0.1, 0.15) is 5.56 Å². The van der Waals surface area contributed by atoms with Gasteiger partial charge in [0.2, 0.25) is 5.82 Å². The SMILES string of the molecule is O=CC=Cc1cc(F)c([N+](=O)[O-])cc1F. The summed E-state index contributed by atoms with van der Waals surface area (Å²) in [6, 6.07) is 1.13. The van der Waals surface area contributed by atoms with Crippen LogP contribution in [0.15, 0.2) is 18.2 Å². The molecule has 0 aliphatic carbocycles. The van der Waals surface area contributed by atoms with Crippen molar-refractivity contribution in [2.45, 2.75) is 0 Å². The van der Waals surface area contributed by atoms with E-state index in [1.807, 2.05) is 0 Å². The molecule has 0 heterocycles. The number of halogens is 2. The highest BCUT2D eigenvalue weighted by atomic mass is 19.1. The van der Waals surface area contributed by atoms with Gasteiger partial charge in [0.25, 0.3) is 0 Å². The highest BCUT2D eigenvalue weighted by Gasteiger charge is 2.17. The Kier molecular flexibility index (Phi) is 3.22. The van der Waals surface area contributed by atoms with Crippen LogP contribution in [0.25, 0.3) is 6.08 Å². The molecule has 4 nitrogen and oxygen atoms in total. The Bertz CT molecular complexity index is 443. The van der Waals surface area contributed by atoms with Crippen molar-refractivity contribution in [2.75, 3.05) is 0 Å². The van der Waals surface area contributed by atoms with Crippen LogP contribution in [0.2, 0.25) is 0 Å². The van der Waals surface area contributed by atoms with Crippen LogP contribution in [0.4, 0.5) is 14.5 Å². The van der Waals surface area contributed by atoms with E-state index in [1.54, 1.807) is 0 Å². The van der Waals surface area contributed by atoms with Gasteiger partial charge < -0.3 is 0 Å². The average molecular weight is 213 g/mol. The van der Waals surface area contributed by atoms with Gasteiger partial charge in [0.1, 0.15) is 12.1 Å². The Morgan fingerprint density at radius 1 is 1.27 bits per heavy atom. The van der Waals surface area contributed by atoms with E-state index in [0.29, 0.717) is 18.4 Å². The summed E-state index contributed by atoms with van der Waals surface area (Å²) in [5.41, 5.74) is -1.15. The number of rotatable bonds is 3. The third kappa shape index (κ3) is 2.43. The summed E-state index contributed by atoms with van der Waals surface area (Å²) in [6.45, 7) is 0. The van der Waals surface area contributed by atoms with Gasteiger partial charge in [-0.3, -0.25) is 14.9 Å². The fourth-order valence-corrected chi connectivity index (χ4v) is 0.962. The number of hydrogen-bond donors (Lipinski definition) is 0. The molecule has 0 fully saturated rings. The van der Waals surface area contributed by atoms with Crippen LogP contribution in [0.3, 0.4) is 0 Å². The first-order valence-electron chi connectivity index (χ1n) is 3.81. The monoisotopic (exact) mass is 213 g/mol. The lowest BCUT2D eigenvalue weighted by molar-refractivity contribution is -0.387. The van der Waals surface area contributed by atoms with Crippen molar-refractivity contribution >= 4 is 18.0 Å². The van der Waals surface area contributed by atoms with Crippen LogP contribution in [0, 0.1) is 21.7 Å². The number of hydrogen-bond acceptors (Lipinski definition) is 3. The van der Waals surface area contributed by atoms with Gasteiger partial charge in [0.15, 0.2) is 0 Å². The van der Waals surface area contributed by atoms with E-state index in [4.69, 9.17) is 0 Å². The predicted octanol–water partition coefficient (Wildman–Crippen LogP) is 2.09. The molecule has 0 saturated heterocycles. The first-order chi connectivity index (χ1) is 7.06. The molecule has 0 aromatic heterocycles. The van der Waals surface area contributed by atoms with Crippen LogP contribution >= 0.6 is 0 Å². The van der Waals surface area contributed by atoms with E-state index in [0.717, 1.165) is 12.2 Å². The van der Waals surface area contributed by atoms with Crippen molar-refractivity contribution in [2.24, 2.45) is 0 Å². The smallest absolute Gasteiger partial charge is 0.299 e. The number of carbonyl (C=O) groups is 1. The number of aldehydes is 1. The topological polar surface area (TPSA) is 60.2 Å². The molecule has 1 aromatic carbocycles. The van der Waals surface area contributed by atoms with Crippen molar-refractivity contribution in [1.29, 1.82) is 0 Å². The molecule has 78 valence electrons. The van der Waals surface area contributed by atoms with Gasteiger partial charge in [-0.05, 0) is 18.2 Å². The van der Waals surface area contributed by atoms with Crippen LogP contribution in [0.5, 0.6) is 0 Å². The third-order valence-electron chi connectivity index (χ3n) is 1.62. The van der Waals surface area contributed by atoms with Crippen molar-refractivity contribution in [3.8, 4) is 0 Å². The van der Waals surface area contributed by atoms with Crippen LogP contribution < -0.4 is 0 Å². The Labute approximate surface area is 83.0 Å². The van der Waals surface area contributed by atoms with E-state index >= 15 is 0 Å². The molecular weight excluding hydrogens is 208 g/mol. The molecule has 0 bridgehead atoms. The summed E-state index contributed by atoms with van der Waals surface area (Å²) < 4.78 is 26.1. The molecule has 0 saturated carbocycles. The largest absolute Gasteiger partial charge is 0.307 e. The minimum Gasteiger partial charge on any atom is -0.299 e. The zero-order valence-corrected chi connectivity index (χ0v) is 7.31. The Balaban J connectivity index is 3.25. The van der Waals surface area contributed by atoms with Gasteiger partial charge in [-0.25, -0.2) is 4.39 Å². The highest BCUT2D eigenvalue weighted by molar-refractivity contribution is 5.74. The lowest BCUT2D eigenvalue weighted by Crippen LogP contribution is -1.95. The summed E-state index contributed by atoms with van der Waals surface area (Å²) in [5, 5.41) is 10.2. The number of nitrogens with zero attached hydrogens (tertiary/aromatic N) is 1. The van der Waals surface area contributed by atoms with E-state index in [-0.39, 0.29) is 5.56 Å². The highest BCUT2D eigenvalue weighted by Crippen LogP contribution is 2.21. The first kappa shape index (κ1) is 11.0. The second-order valence-electron chi connectivity index (χ2n) is 2.58. The fourth-order valence-electron chi connectivity index (χ4n) is 0.962. The maximum atomic E-state index is 13.1. The maximum absolute atomic E-state index is 13.1. The minimum atomic E-state index is -1.15. The van der Waals surface area contributed by atoms with Gasteiger partial charge in [-0.15, -0.1) is 0 Å². The van der Waals surface area contributed by atoms with E-state index in [2.05, 4.69) is 0 Å². The maximum Gasteiger partial charge on any atom is 0.307 e. The lowest BCUT2D eigenvalue weighted by atomic mass is 10.1. The zero-order chi connectivity index (χ0) is 11.4. The molecule has 0 unspecified atom stereocenters. The van der Waals surface area contributed by atoms with Crippen molar-refractivity contribution in [3.05, 3.63) is 45.5 Å². The third-order valence-corrected chi connectivity index (χ3v) is 1.62. The van der Waals surface area contributed by atoms with Gasteiger partial charge in [-0.2, -0.15) is 4.39 Å². The zero-order valence-electron chi connectivity index (χ0n) is 7.31. The molecule has 0 radical (unpaired) electrons. The molecule has 0 aliphatic rings. The Hall–Kier alpha value is -2.11. The van der Waals surface area contributed by atoms with Crippen molar-refractivity contribution in [3.63, 3.8) is 0 Å². The molecule has 1 aromatic rings. The summed E-state index contributed by atoms with van der Waals surface area (Å²) >= 11 is 0. The summed E-state index contributed by atoms with van der Waals surface area (Å²) in [4.78, 5) is 19.1. The fraction of sp³-hybridized carbons (Fsp3) is 0. The Morgan fingerprint density at radius 2 is 1.93 bits per heavy atom.